The minimum atomic E-state index is -0.366. The van der Waals surface area contributed by atoms with Crippen molar-refractivity contribution in [3.05, 3.63) is 41.1 Å². The second kappa shape index (κ2) is 6.66. The van der Waals surface area contributed by atoms with E-state index in [4.69, 9.17) is 10.7 Å². The van der Waals surface area contributed by atoms with Gasteiger partial charge in [-0.25, -0.2) is 9.97 Å². The monoisotopic (exact) mass is 365 g/mol. The molecule has 0 spiro atoms. The molecule has 2 aromatic heterocycles. The number of fused-ring (bicyclic) bond motifs is 1. The summed E-state index contributed by atoms with van der Waals surface area (Å²) in [5.41, 5.74) is 8.61. The van der Waals surface area contributed by atoms with E-state index in [1.165, 1.54) is 24.2 Å². The number of piperidine rings is 1. The molecule has 5 rings (SSSR count). The van der Waals surface area contributed by atoms with Crippen molar-refractivity contribution in [3.63, 3.8) is 0 Å². The molecule has 27 heavy (non-hydrogen) atoms. The molecule has 6 nitrogen and oxygen atoms in total. The molecule has 0 aromatic carbocycles. The van der Waals surface area contributed by atoms with Gasteiger partial charge in [0, 0.05) is 43.6 Å². The Kier molecular flexibility index (Phi) is 4.14. The van der Waals surface area contributed by atoms with E-state index in [0.717, 1.165) is 69.2 Å². The third-order valence-electron chi connectivity index (χ3n) is 6.36. The number of nitrogens with two attached hydrogens (primary N) is 1. The smallest absolute Gasteiger partial charge is 0.252 e. The zero-order valence-corrected chi connectivity index (χ0v) is 15.7. The van der Waals surface area contributed by atoms with Gasteiger partial charge < -0.3 is 15.2 Å². The summed E-state index contributed by atoms with van der Waals surface area (Å²) in [5.74, 6) is 3.00. The first kappa shape index (κ1) is 16.8. The lowest BCUT2D eigenvalue weighted by atomic mass is 9.95. The molecule has 1 aliphatic heterocycles. The van der Waals surface area contributed by atoms with Crippen LogP contribution in [0.1, 0.15) is 65.5 Å². The number of carbonyl (C=O) groups excluding carboxylic acids is 1. The van der Waals surface area contributed by atoms with Crippen molar-refractivity contribution < 1.29 is 4.79 Å². The second-order valence-electron chi connectivity index (χ2n) is 8.33. The standard InChI is InChI=1S/C21H27N5O/c22-19(27)17-12-16-2-1-3-18(16)24-21(17)25-9-6-15(7-10-25)20-23-8-11-26(20)13-14-4-5-14/h8,11-12,14-15H,1-7,9-10,13H2,(H2,22,27). The van der Waals surface area contributed by atoms with Crippen LogP contribution in [0.3, 0.4) is 0 Å². The minimum Gasteiger partial charge on any atom is -0.365 e. The molecule has 142 valence electrons. The normalized spacial score (nSPS) is 20.1. The Morgan fingerprint density at radius 2 is 2.00 bits per heavy atom. The highest BCUT2D eigenvalue weighted by molar-refractivity contribution is 5.98. The zero-order chi connectivity index (χ0) is 18.4. The number of aromatic nitrogens is 3. The molecule has 3 heterocycles. The number of amides is 1. The predicted octanol–water partition coefficient (Wildman–Crippen LogP) is 2.66. The maximum Gasteiger partial charge on any atom is 0.252 e. The van der Waals surface area contributed by atoms with E-state index in [1.54, 1.807) is 0 Å². The van der Waals surface area contributed by atoms with Crippen molar-refractivity contribution in [2.75, 3.05) is 18.0 Å². The molecule has 0 atom stereocenters. The van der Waals surface area contributed by atoms with Crippen LogP contribution in [-0.4, -0.2) is 33.5 Å². The first-order valence-electron chi connectivity index (χ1n) is 10.3. The molecule has 1 saturated carbocycles. The highest BCUT2D eigenvalue weighted by Gasteiger charge is 2.29. The number of aryl methyl sites for hydroxylation is 2. The molecule has 2 N–H and O–H groups in total. The average Bonchev–Trinajstić information content (AvgIpc) is 3.17. The molecule has 0 bridgehead atoms. The van der Waals surface area contributed by atoms with Crippen LogP contribution in [-0.2, 0) is 19.4 Å². The fourth-order valence-electron chi connectivity index (χ4n) is 4.65. The summed E-state index contributed by atoms with van der Waals surface area (Å²) in [5, 5.41) is 0. The van der Waals surface area contributed by atoms with Crippen LogP contribution >= 0.6 is 0 Å². The van der Waals surface area contributed by atoms with Gasteiger partial charge in [-0.15, -0.1) is 0 Å². The highest BCUT2D eigenvalue weighted by Crippen LogP contribution is 2.35. The number of carbonyl (C=O) groups is 1. The second-order valence-corrected chi connectivity index (χ2v) is 8.33. The Morgan fingerprint density at radius 1 is 1.19 bits per heavy atom. The number of nitrogens with zero attached hydrogens (tertiary/aromatic N) is 4. The molecule has 2 aromatic rings. The van der Waals surface area contributed by atoms with Gasteiger partial charge in [-0.1, -0.05) is 0 Å². The van der Waals surface area contributed by atoms with Crippen LogP contribution in [0.15, 0.2) is 18.5 Å². The predicted molar refractivity (Wildman–Crippen MR) is 104 cm³/mol. The van der Waals surface area contributed by atoms with E-state index in [-0.39, 0.29) is 5.91 Å². The van der Waals surface area contributed by atoms with E-state index < -0.39 is 0 Å². The topological polar surface area (TPSA) is 77.0 Å². The first-order chi connectivity index (χ1) is 13.2. The summed E-state index contributed by atoms with van der Waals surface area (Å²) < 4.78 is 2.36. The summed E-state index contributed by atoms with van der Waals surface area (Å²) in [4.78, 5) is 23.8. The fourth-order valence-corrected chi connectivity index (χ4v) is 4.65. The third-order valence-corrected chi connectivity index (χ3v) is 6.36. The van der Waals surface area contributed by atoms with Crippen LogP contribution in [0.4, 0.5) is 5.82 Å². The largest absolute Gasteiger partial charge is 0.365 e. The quantitative estimate of drug-likeness (QED) is 0.884. The van der Waals surface area contributed by atoms with Gasteiger partial charge in [0.2, 0.25) is 0 Å². The molecule has 2 aliphatic carbocycles. The van der Waals surface area contributed by atoms with Crippen LogP contribution in [0.2, 0.25) is 0 Å². The van der Waals surface area contributed by atoms with Gasteiger partial charge in [-0.05, 0) is 62.5 Å². The molecule has 1 saturated heterocycles. The Morgan fingerprint density at radius 3 is 2.74 bits per heavy atom. The van der Waals surface area contributed by atoms with E-state index in [2.05, 4.69) is 20.6 Å². The molecule has 0 radical (unpaired) electrons. The number of hydrogen-bond donors (Lipinski definition) is 1. The van der Waals surface area contributed by atoms with Crippen LogP contribution in [0.5, 0.6) is 0 Å². The molecular formula is C21H27N5O. The number of pyridine rings is 1. The highest BCUT2D eigenvalue weighted by atomic mass is 16.1. The minimum absolute atomic E-state index is 0.366. The number of hydrogen-bond acceptors (Lipinski definition) is 4. The summed E-state index contributed by atoms with van der Waals surface area (Å²) in [6.45, 7) is 2.91. The average molecular weight is 365 g/mol. The van der Waals surface area contributed by atoms with Gasteiger partial charge in [0.25, 0.3) is 5.91 Å². The van der Waals surface area contributed by atoms with E-state index >= 15 is 0 Å². The Bertz CT molecular complexity index is 861. The maximum atomic E-state index is 12.0. The van der Waals surface area contributed by atoms with Crippen molar-refractivity contribution in [3.8, 4) is 0 Å². The van der Waals surface area contributed by atoms with E-state index in [1.807, 2.05) is 12.3 Å². The van der Waals surface area contributed by atoms with Crippen LogP contribution < -0.4 is 10.6 Å². The lowest BCUT2D eigenvalue weighted by Gasteiger charge is -2.33. The summed E-state index contributed by atoms with van der Waals surface area (Å²) in [7, 11) is 0. The van der Waals surface area contributed by atoms with Crippen molar-refractivity contribution in [1.82, 2.24) is 14.5 Å². The Balaban J connectivity index is 1.33. The first-order valence-corrected chi connectivity index (χ1v) is 10.3. The molecular weight excluding hydrogens is 338 g/mol. The van der Waals surface area contributed by atoms with Gasteiger partial charge in [-0.2, -0.15) is 0 Å². The van der Waals surface area contributed by atoms with Crippen molar-refractivity contribution >= 4 is 11.7 Å². The Hall–Kier alpha value is -2.37. The van der Waals surface area contributed by atoms with Gasteiger partial charge in [0.05, 0.1) is 5.56 Å². The van der Waals surface area contributed by atoms with Crippen molar-refractivity contribution in [1.29, 1.82) is 0 Å². The summed E-state index contributed by atoms with van der Waals surface area (Å²) in [6, 6.07) is 1.99. The molecule has 1 amide bonds. The zero-order valence-electron chi connectivity index (χ0n) is 15.7. The van der Waals surface area contributed by atoms with Crippen molar-refractivity contribution in [2.24, 2.45) is 11.7 Å². The maximum absolute atomic E-state index is 12.0. The van der Waals surface area contributed by atoms with Gasteiger partial charge >= 0.3 is 0 Å². The van der Waals surface area contributed by atoms with Gasteiger partial charge in [0.15, 0.2) is 0 Å². The number of anilines is 1. The molecule has 0 unspecified atom stereocenters. The van der Waals surface area contributed by atoms with E-state index in [9.17, 15) is 4.79 Å². The number of primary amides is 1. The SMILES string of the molecule is NC(=O)c1cc2c(nc1N1CCC(c3nccn3CC3CC3)CC1)CCC2. The van der Waals surface area contributed by atoms with E-state index in [0.29, 0.717) is 11.5 Å². The summed E-state index contributed by atoms with van der Waals surface area (Å²) in [6.07, 6.45) is 12.0. The third kappa shape index (κ3) is 3.22. The summed E-state index contributed by atoms with van der Waals surface area (Å²) >= 11 is 0. The van der Waals surface area contributed by atoms with Crippen LogP contribution in [0.25, 0.3) is 0 Å². The number of imidazole rings is 1. The van der Waals surface area contributed by atoms with Gasteiger partial charge in [-0.3, -0.25) is 4.79 Å². The molecule has 3 aliphatic rings. The lowest BCUT2D eigenvalue weighted by Crippen LogP contribution is -2.36. The fraction of sp³-hybridized carbons (Fsp3) is 0.571. The Labute approximate surface area is 159 Å². The molecule has 6 heteroatoms. The lowest BCUT2D eigenvalue weighted by molar-refractivity contribution is 0.1000. The van der Waals surface area contributed by atoms with Gasteiger partial charge in [0.1, 0.15) is 11.6 Å². The van der Waals surface area contributed by atoms with Crippen molar-refractivity contribution in [2.45, 2.75) is 57.4 Å². The molecule has 2 fully saturated rings. The number of rotatable bonds is 5. The van der Waals surface area contributed by atoms with Crippen LogP contribution in [0, 0.1) is 5.92 Å².